The van der Waals surface area contributed by atoms with E-state index in [1.165, 1.54) is 12.1 Å². The molecule has 4 aromatic rings. The van der Waals surface area contributed by atoms with Gasteiger partial charge in [0.2, 0.25) is 0 Å². The van der Waals surface area contributed by atoms with Crippen LogP contribution in [-0.2, 0) is 14.9 Å². The SMILES string of the molecule is Cc1c(-c2cc(F)cc(F)c2)nc2cnccc2c1N1CC2(CCOCC2)c2ncc(N3CCOCC3)cc21. The van der Waals surface area contributed by atoms with Crippen LogP contribution < -0.4 is 9.80 Å². The summed E-state index contributed by atoms with van der Waals surface area (Å²) in [6.45, 7) is 7.11. The third-order valence-corrected chi connectivity index (χ3v) is 8.34. The van der Waals surface area contributed by atoms with Crippen LogP contribution in [-0.4, -0.2) is 61.0 Å². The molecule has 200 valence electrons. The normalized spacial score (nSPS) is 18.6. The summed E-state index contributed by atoms with van der Waals surface area (Å²) in [6, 6.07) is 7.76. The number of morpholine rings is 1. The fourth-order valence-corrected chi connectivity index (χ4v) is 6.38. The van der Waals surface area contributed by atoms with Crippen molar-refractivity contribution in [1.29, 1.82) is 0 Å². The Kier molecular flexibility index (Phi) is 5.93. The van der Waals surface area contributed by atoms with Crippen LogP contribution in [0.1, 0.15) is 24.1 Å². The van der Waals surface area contributed by atoms with Crippen LogP contribution in [0.5, 0.6) is 0 Å². The number of anilines is 3. The van der Waals surface area contributed by atoms with E-state index in [0.29, 0.717) is 43.2 Å². The number of hydrogen-bond donors (Lipinski definition) is 0. The molecule has 9 heteroatoms. The van der Waals surface area contributed by atoms with E-state index < -0.39 is 11.6 Å². The molecule has 0 unspecified atom stereocenters. The highest BCUT2D eigenvalue weighted by Gasteiger charge is 2.46. The van der Waals surface area contributed by atoms with E-state index in [4.69, 9.17) is 19.4 Å². The van der Waals surface area contributed by atoms with Gasteiger partial charge >= 0.3 is 0 Å². The van der Waals surface area contributed by atoms with Crippen molar-refractivity contribution in [2.75, 3.05) is 55.9 Å². The summed E-state index contributed by atoms with van der Waals surface area (Å²) < 4.78 is 39.9. The number of hydrogen-bond acceptors (Lipinski definition) is 7. The van der Waals surface area contributed by atoms with Gasteiger partial charge in [-0.05, 0) is 49.6 Å². The highest BCUT2D eigenvalue weighted by Crippen LogP contribution is 2.51. The number of pyridine rings is 3. The highest BCUT2D eigenvalue weighted by atomic mass is 19.1. The smallest absolute Gasteiger partial charge is 0.126 e. The molecule has 0 radical (unpaired) electrons. The van der Waals surface area contributed by atoms with Crippen LogP contribution >= 0.6 is 0 Å². The number of fused-ring (bicyclic) bond motifs is 3. The van der Waals surface area contributed by atoms with Gasteiger partial charge in [-0.3, -0.25) is 9.97 Å². The van der Waals surface area contributed by atoms with E-state index in [9.17, 15) is 8.78 Å². The monoisotopic (exact) mass is 529 g/mol. The average Bonchev–Trinajstić information content (AvgIpc) is 3.25. The molecule has 2 fully saturated rings. The average molecular weight is 530 g/mol. The van der Waals surface area contributed by atoms with E-state index in [-0.39, 0.29) is 5.41 Å². The molecular formula is C30H29F2N5O2. The van der Waals surface area contributed by atoms with Crippen molar-refractivity contribution < 1.29 is 18.3 Å². The quantitative estimate of drug-likeness (QED) is 0.356. The van der Waals surface area contributed by atoms with Gasteiger partial charge in [0.15, 0.2) is 0 Å². The standard InChI is InChI=1S/C30H29F2N5O2/c1-19-27(20-12-21(31)14-22(32)13-20)35-25-17-33-5-2-24(25)28(19)37-18-30(3-8-38-9-4-30)29-26(37)15-23(16-34-29)36-6-10-39-11-7-36/h2,5,12-17H,3-4,6-11,18H2,1H3. The molecule has 3 aliphatic heterocycles. The molecule has 0 amide bonds. The molecule has 6 heterocycles. The van der Waals surface area contributed by atoms with E-state index in [1.807, 2.05) is 19.2 Å². The molecule has 2 saturated heterocycles. The topological polar surface area (TPSA) is 63.6 Å². The third kappa shape index (κ3) is 4.11. The second-order valence-electron chi connectivity index (χ2n) is 10.6. The molecule has 1 aromatic carbocycles. The third-order valence-electron chi connectivity index (χ3n) is 8.34. The van der Waals surface area contributed by atoms with Gasteiger partial charge in [0.1, 0.15) is 11.6 Å². The van der Waals surface area contributed by atoms with Gasteiger partial charge in [0, 0.05) is 61.5 Å². The predicted molar refractivity (Wildman–Crippen MR) is 146 cm³/mol. The van der Waals surface area contributed by atoms with Crippen LogP contribution in [0.2, 0.25) is 0 Å². The van der Waals surface area contributed by atoms with Crippen molar-refractivity contribution >= 4 is 28.0 Å². The van der Waals surface area contributed by atoms with E-state index in [1.54, 1.807) is 12.4 Å². The number of aromatic nitrogens is 3. The number of benzene rings is 1. The van der Waals surface area contributed by atoms with Crippen LogP contribution in [0.15, 0.2) is 48.9 Å². The minimum Gasteiger partial charge on any atom is -0.381 e. The Labute approximate surface area is 225 Å². The van der Waals surface area contributed by atoms with Crippen LogP contribution in [0.25, 0.3) is 22.2 Å². The first kappa shape index (κ1) is 24.4. The zero-order valence-corrected chi connectivity index (χ0v) is 21.8. The van der Waals surface area contributed by atoms with E-state index in [2.05, 4.69) is 20.9 Å². The minimum atomic E-state index is -0.633. The molecule has 3 aromatic heterocycles. The zero-order chi connectivity index (χ0) is 26.6. The number of halogens is 2. The van der Waals surface area contributed by atoms with Crippen molar-refractivity contribution in [1.82, 2.24) is 15.0 Å². The summed E-state index contributed by atoms with van der Waals surface area (Å²) in [5.41, 5.74) is 6.49. The number of rotatable bonds is 3. The van der Waals surface area contributed by atoms with Gasteiger partial charge in [-0.15, -0.1) is 0 Å². The summed E-state index contributed by atoms with van der Waals surface area (Å²) >= 11 is 0. The van der Waals surface area contributed by atoms with Gasteiger partial charge in [-0.2, -0.15) is 0 Å². The lowest BCUT2D eigenvalue weighted by Crippen LogP contribution is -2.38. The maximum absolute atomic E-state index is 14.3. The van der Waals surface area contributed by atoms with Gasteiger partial charge in [-0.1, -0.05) is 0 Å². The molecule has 3 aliphatic rings. The van der Waals surface area contributed by atoms with E-state index in [0.717, 1.165) is 72.2 Å². The first-order valence-electron chi connectivity index (χ1n) is 13.4. The summed E-state index contributed by atoms with van der Waals surface area (Å²) in [5, 5.41) is 0.940. The lowest BCUT2D eigenvalue weighted by molar-refractivity contribution is 0.0546. The Morgan fingerprint density at radius 1 is 0.923 bits per heavy atom. The van der Waals surface area contributed by atoms with E-state index >= 15 is 0 Å². The molecular weight excluding hydrogens is 500 g/mol. The summed E-state index contributed by atoms with van der Waals surface area (Å²) in [4.78, 5) is 18.9. The van der Waals surface area contributed by atoms with Crippen molar-refractivity contribution in [3.8, 4) is 11.3 Å². The maximum atomic E-state index is 14.3. The van der Waals surface area contributed by atoms with Gasteiger partial charge in [0.25, 0.3) is 0 Å². The van der Waals surface area contributed by atoms with Crippen LogP contribution in [0.4, 0.5) is 25.8 Å². The Morgan fingerprint density at radius 2 is 1.67 bits per heavy atom. The Balaban J connectivity index is 1.45. The molecule has 0 aliphatic carbocycles. The largest absolute Gasteiger partial charge is 0.381 e. The Hall–Kier alpha value is -3.69. The van der Waals surface area contributed by atoms with Crippen molar-refractivity contribution in [3.05, 3.63) is 71.8 Å². The molecule has 0 saturated carbocycles. The van der Waals surface area contributed by atoms with Crippen molar-refractivity contribution in [3.63, 3.8) is 0 Å². The molecule has 39 heavy (non-hydrogen) atoms. The maximum Gasteiger partial charge on any atom is 0.126 e. The molecule has 7 nitrogen and oxygen atoms in total. The fraction of sp³-hybridized carbons (Fsp3) is 0.367. The first-order valence-corrected chi connectivity index (χ1v) is 13.4. The molecule has 1 spiro atoms. The molecule has 0 N–H and O–H groups in total. The predicted octanol–water partition coefficient (Wildman–Crippen LogP) is 5.31. The second kappa shape index (κ2) is 9.50. The lowest BCUT2D eigenvalue weighted by Gasteiger charge is -2.34. The van der Waals surface area contributed by atoms with Crippen molar-refractivity contribution in [2.24, 2.45) is 0 Å². The molecule has 0 atom stereocenters. The van der Waals surface area contributed by atoms with Crippen molar-refractivity contribution in [2.45, 2.75) is 25.2 Å². The van der Waals surface area contributed by atoms with Gasteiger partial charge < -0.3 is 19.3 Å². The summed E-state index contributed by atoms with van der Waals surface area (Å²) in [5.74, 6) is -1.27. The number of ether oxygens (including phenoxy) is 2. The Bertz CT molecular complexity index is 1550. The first-order chi connectivity index (χ1) is 19.0. The van der Waals surface area contributed by atoms with Gasteiger partial charge in [0.05, 0.1) is 59.6 Å². The number of nitrogens with zero attached hydrogens (tertiary/aromatic N) is 5. The fourth-order valence-electron chi connectivity index (χ4n) is 6.38. The van der Waals surface area contributed by atoms with Crippen LogP contribution in [0, 0.1) is 18.6 Å². The lowest BCUT2D eigenvalue weighted by atomic mass is 9.78. The summed E-state index contributed by atoms with van der Waals surface area (Å²) in [7, 11) is 0. The van der Waals surface area contributed by atoms with Gasteiger partial charge in [-0.25, -0.2) is 13.8 Å². The minimum absolute atomic E-state index is 0.142. The van der Waals surface area contributed by atoms with Crippen LogP contribution in [0.3, 0.4) is 0 Å². The highest BCUT2D eigenvalue weighted by molar-refractivity contribution is 5.99. The zero-order valence-electron chi connectivity index (χ0n) is 21.8. The molecule has 0 bridgehead atoms. The second-order valence-corrected chi connectivity index (χ2v) is 10.6. The Morgan fingerprint density at radius 3 is 2.44 bits per heavy atom. The molecule has 7 rings (SSSR count). The summed E-state index contributed by atoms with van der Waals surface area (Å²) in [6.07, 6.45) is 7.23.